The maximum atomic E-state index is 12.7. The number of amides is 2. The normalized spacial score (nSPS) is 10.5. The minimum Gasteiger partial charge on any atom is -0.496 e. The second kappa shape index (κ2) is 10.6. The third kappa shape index (κ3) is 5.23. The molecule has 0 saturated carbocycles. The molecule has 8 heteroatoms. The average molecular weight is 433 g/mol. The van der Waals surface area contributed by atoms with E-state index in [1.165, 1.54) is 20.4 Å². The molecule has 8 nitrogen and oxygen atoms in total. The molecule has 3 rings (SSSR count). The molecule has 32 heavy (non-hydrogen) atoms. The summed E-state index contributed by atoms with van der Waals surface area (Å²) in [7, 11) is 4.57. The lowest BCUT2D eigenvalue weighted by molar-refractivity contribution is 0.0956. The van der Waals surface area contributed by atoms with Crippen LogP contribution in [0.1, 0.15) is 26.3 Å². The van der Waals surface area contributed by atoms with Crippen molar-refractivity contribution in [3.63, 3.8) is 0 Å². The Bertz CT molecular complexity index is 1140. The molecule has 0 atom stereocenters. The molecule has 0 aliphatic carbocycles. The van der Waals surface area contributed by atoms with Crippen molar-refractivity contribution >= 4 is 23.7 Å². The van der Waals surface area contributed by atoms with Crippen LogP contribution in [0.3, 0.4) is 0 Å². The van der Waals surface area contributed by atoms with Gasteiger partial charge in [-0.2, -0.15) is 5.10 Å². The molecule has 0 aliphatic rings. The first-order valence-corrected chi connectivity index (χ1v) is 9.66. The van der Waals surface area contributed by atoms with Crippen LogP contribution in [0.15, 0.2) is 71.8 Å². The maximum Gasteiger partial charge on any atom is 0.273 e. The fraction of sp³-hybridized carbons (Fsp3) is 0.125. The van der Waals surface area contributed by atoms with Crippen LogP contribution >= 0.6 is 0 Å². The van der Waals surface area contributed by atoms with Gasteiger partial charge in [0.2, 0.25) is 0 Å². The van der Waals surface area contributed by atoms with Crippen LogP contribution in [0.2, 0.25) is 0 Å². The second-order valence-corrected chi connectivity index (χ2v) is 6.51. The Morgan fingerprint density at radius 3 is 2.22 bits per heavy atom. The monoisotopic (exact) mass is 433 g/mol. The van der Waals surface area contributed by atoms with Crippen LogP contribution in [0.5, 0.6) is 17.2 Å². The van der Waals surface area contributed by atoms with Gasteiger partial charge in [-0.25, -0.2) is 5.43 Å². The minimum absolute atomic E-state index is 0.263. The third-order valence-corrected chi connectivity index (χ3v) is 4.57. The van der Waals surface area contributed by atoms with Gasteiger partial charge < -0.3 is 19.5 Å². The van der Waals surface area contributed by atoms with Crippen LogP contribution in [-0.2, 0) is 0 Å². The Balaban J connectivity index is 1.75. The predicted molar refractivity (Wildman–Crippen MR) is 122 cm³/mol. The van der Waals surface area contributed by atoms with Crippen LogP contribution in [0, 0.1) is 0 Å². The highest BCUT2D eigenvalue weighted by Gasteiger charge is 2.15. The Morgan fingerprint density at radius 2 is 1.47 bits per heavy atom. The van der Waals surface area contributed by atoms with Gasteiger partial charge >= 0.3 is 0 Å². The second-order valence-electron chi connectivity index (χ2n) is 6.51. The van der Waals surface area contributed by atoms with E-state index in [9.17, 15) is 9.59 Å². The number of nitrogens with zero attached hydrogens (tertiary/aromatic N) is 1. The molecule has 0 radical (unpaired) electrons. The summed E-state index contributed by atoms with van der Waals surface area (Å²) in [6.07, 6.45) is 1.49. The van der Waals surface area contributed by atoms with Crippen molar-refractivity contribution < 1.29 is 23.8 Å². The van der Waals surface area contributed by atoms with Gasteiger partial charge in [-0.15, -0.1) is 0 Å². The van der Waals surface area contributed by atoms with Crippen molar-refractivity contribution in [1.82, 2.24) is 5.43 Å². The van der Waals surface area contributed by atoms with Crippen molar-refractivity contribution in [3.05, 3.63) is 83.4 Å². The number of hydrogen-bond donors (Lipinski definition) is 2. The van der Waals surface area contributed by atoms with E-state index in [0.717, 1.165) is 0 Å². The Hall–Kier alpha value is -4.33. The predicted octanol–water partition coefficient (Wildman–Crippen LogP) is 3.73. The van der Waals surface area contributed by atoms with E-state index in [0.29, 0.717) is 34.1 Å². The summed E-state index contributed by atoms with van der Waals surface area (Å²) >= 11 is 0. The first-order valence-electron chi connectivity index (χ1n) is 9.66. The lowest BCUT2D eigenvalue weighted by Crippen LogP contribution is -2.21. The average Bonchev–Trinajstić information content (AvgIpc) is 2.84. The summed E-state index contributed by atoms with van der Waals surface area (Å²) in [5, 5.41) is 6.75. The van der Waals surface area contributed by atoms with E-state index in [1.807, 2.05) is 18.2 Å². The first-order chi connectivity index (χ1) is 15.6. The summed E-state index contributed by atoms with van der Waals surface area (Å²) in [6.45, 7) is 0. The number of ether oxygens (including phenoxy) is 3. The van der Waals surface area contributed by atoms with E-state index in [-0.39, 0.29) is 5.56 Å². The molecule has 0 aliphatic heterocycles. The van der Waals surface area contributed by atoms with Gasteiger partial charge in [0, 0.05) is 11.1 Å². The van der Waals surface area contributed by atoms with Crippen LogP contribution in [0.4, 0.5) is 5.69 Å². The van der Waals surface area contributed by atoms with Crippen molar-refractivity contribution in [2.24, 2.45) is 5.10 Å². The molecule has 0 unspecified atom stereocenters. The van der Waals surface area contributed by atoms with Gasteiger partial charge in [-0.1, -0.05) is 24.3 Å². The molecule has 0 saturated heterocycles. The number of methoxy groups -OCH3 is 3. The lowest BCUT2D eigenvalue weighted by Gasteiger charge is -2.12. The molecule has 164 valence electrons. The zero-order chi connectivity index (χ0) is 22.9. The molecule has 0 aromatic heterocycles. The highest BCUT2D eigenvalue weighted by molar-refractivity contribution is 6.09. The molecule has 0 bridgehead atoms. The minimum atomic E-state index is -0.473. The van der Waals surface area contributed by atoms with Crippen molar-refractivity contribution in [2.75, 3.05) is 26.6 Å². The van der Waals surface area contributed by atoms with Gasteiger partial charge in [-0.3, -0.25) is 9.59 Å². The number of hydrazone groups is 1. The molecular formula is C24H23N3O5. The number of carbonyl (C=O) groups is 2. The zero-order valence-electron chi connectivity index (χ0n) is 17.9. The summed E-state index contributed by atoms with van der Waals surface area (Å²) in [4.78, 5) is 25.4. The van der Waals surface area contributed by atoms with Gasteiger partial charge in [0.05, 0.1) is 38.8 Å². The number of rotatable bonds is 8. The topological polar surface area (TPSA) is 98.2 Å². The quantitative estimate of drug-likeness (QED) is 0.417. The molecule has 3 aromatic rings. The fourth-order valence-corrected chi connectivity index (χ4v) is 2.96. The summed E-state index contributed by atoms with van der Waals surface area (Å²) in [5.41, 5.74) is 4.15. The fourth-order valence-electron chi connectivity index (χ4n) is 2.96. The van der Waals surface area contributed by atoms with E-state index in [1.54, 1.807) is 55.6 Å². The maximum absolute atomic E-state index is 12.7. The molecule has 0 fully saturated rings. The smallest absolute Gasteiger partial charge is 0.273 e. The van der Waals surface area contributed by atoms with Gasteiger partial charge in [0.1, 0.15) is 5.75 Å². The summed E-state index contributed by atoms with van der Waals surface area (Å²) in [5.74, 6) is 0.699. The lowest BCUT2D eigenvalue weighted by atomic mass is 10.1. The molecule has 2 amide bonds. The Kier molecular flexibility index (Phi) is 7.42. The molecule has 0 spiro atoms. The first kappa shape index (κ1) is 22.4. The number of anilines is 1. The van der Waals surface area contributed by atoms with Gasteiger partial charge in [0.25, 0.3) is 11.8 Å². The SMILES string of the molecule is COc1ccccc1C=NNC(=O)c1ccccc1NC(=O)c1ccc(OC)c(OC)c1. The summed E-state index contributed by atoms with van der Waals surface area (Å²) < 4.78 is 15.7. The zero-order valence-corrected chi connectivity index (χ0v) is 17.9. The highest BCUT2D eigenvalue weighted by Crippen LogP contribution is 2.28. The third-order valence-electron chi connectivity index (χ3n) is 4.57. The van der Waals surface area contributed by atoms with Crippen LogP contribution < -0.4 is 25.0 Å². The standard InChI is InChI=1S/C24H23N3O5/c1-30-20-11-7-4-8-17(20)15-25-27-24(29)18-9-5-6-10-19(18)26-23(28)16-12-13-21(31-2)22(14-16)32-3/h4-15H,1-3H3,(H,26,28)(H,27,29). The Morgan fingerprint density at radius 1 is 0.781 bits per heavy atom. The molecule has 2 N–H and O–H groups in total. The molecular weight excluding hydrogens is 410 g/mol. The number of nitrogens with one attached hydrogen (secondary N) is 2. The largest absolute Gasteiger partial charge is 0.496 e. The van der Waals surface area contributed by atoms with E-state index < -0.39 is 11.8 Å². The number of hydrogen-bond acceptors (Lipinski definition) is 6. The van der Waals surface area contributed by atoms with Gasteiger partial charge in [-0.05, 0) is 42.5 Å². The van der Waals surface area contributed by atoms with Crippen LogP contribution in [0.25, 0.3) is 0 Å². The van der Waals surface area contributed by atoms with E-state index in [4.69, 9.17) is 14.2 Å². The van der Waals surface area contributed by atoms with Crippen molar-refractivity contribution in [1.29, 1.82) is 0 Å². The van der Waals surface area contributed by atoms with E-state index in [2.05, 4.69) is 15.8 Å². The number of para-hydroxylation sites is 2. The van der Waals surface area contributed by atoms with Crippen molar-refractivity contribution in [2.45, 2.75) is 0 Å². The number of benzene rings is 3. The Labute approximate surface area is 185 Å². The summed E-state index contributed by atoms with van der Waals surface area (Å²) in [6, 6.07) is 18.7. The molecule has 3 aromatic carbocycles. The van der Waals surface area contributed by atoms with Crippen molar-refractivity contribution in [3.8, 4) is 17.2 Å². The van der Waals surface area contributed by atoms with E-state index >= 15 is 0 Å². The highest BCUT2D eigenvalue weighted by atomic mass is 16.5. The number of carbonyl (C=O) groups excluding carboxylic acids is 2. The van der Waals surface area contributed by atoms with Crippen LogP contribution in [-0.4, -0.2) is 39.4 Å². The van der Waals surface area contributed by atoms with Gasteiger partial charge in [0.15, 0.2) is 11.5 Å². The molecule has 0 heterocycles.